The summed E-state index contributed by atoms with van der Waals surface area (Å²) < 4.78 is 6.03. The summed E-state index contributed by atoms with van der Waals surface area (Å²) in [6, 6.07) is 7.33. The summed E-state index contributed by atoms with van der Waals surface area (Å²) in [7, 11) is 0. The number of fused-ring (bicyclic) bond motifs is 1. The quantitative estimate of drug-likeness (QED) is 0.722. The molecule has 0 aliphatic heterocycles. The molecule has 1 fully saturated rings. The van der Waals surface area contributed by atoms with Crippen LogP contribution in [0.3, 0.4) is 0 Å². The predicted octanol–water partition coefficient (Wildman–Crippen LogP) is 3.18. The maximum absolute atomic E-state index is 11.9. The number of nitrogens with one attached hydrogen (secondary N) is 2. The molecule has 1 aliphatic rings. The Kier molecular flexibility index (Phi) is 6.97. The number of hydrogen-bond acceptors (Lipinski definition) is 6. The van der Waals surface area contributed by atoms with Crippen LogP contribution in [0, 0.1) is 5.92 Å². The molecule has 1 aliphatic carbocycles. The molecule has 2 atom stereocenters. The Morgan fingerprint density at radius 1 is 1.21 bits per heavy atom. The fourth-order valence-electron chi connectivity index (χ4n) is 3.35. The first-order valence-corrected chi connectivity index (χ1v) is 10.4. The summed E-state index contributed by atoms with van der Waals surface area (Å²) in [5, 5.41) is 5.90. The molecule has 1 heterocycles. The van der Waals surface area contributed by atoms with Gasteiger partial charge in [0.25, 0.3) is 5.91 Å². The molecular weight excluding hydrogens is 378 g/mol. The second-order valence-corrected chi connectivity index (χ2v) is 8.24. The van der Waals surface area contributed by atoms with Gasteiger partial charge in [0.15, 0.2) is 6.61 Å². The number of ether oxygens (including phenoxy) is 1. The van der Waals surface area contributed by atoms with Gasteiger partial charge in [-0.3, -0.25) is 14.9 Å². The molecule has 0 radical (unpaired) electrons. The van der Waals surface area contributed by atoms with Gasteiger partial charge in [-0.15, -0.1) is 11.3 Å². The lowest BCUT2D eigenvalue weighted by Gasteiger charge is -2.29. The number of rotatable bonds is 6. The van der Waals surface area contributed by atoms with E-state index in [1.165, 1.54) is 17.8 Å². The first-order chi connectivity index (χ1) is 13.5. The van der Waals surface area contributed by atoms with E-state index >= 15 is 0 Å². The van der Waals surface area contributed by atoms with Crippen molar-refractivity contribution in [1.29, 1.82) is 0 Å². The predicted molar refractivity (Wildman–Crippen MR) is 107 cm³/mol. The second kappa shape index (κ2) is 9.64. The maximum atomic E-state index is 11.9. The largest absolute Gasteiger partial charge is 0.456 e. The van der Waals surface area contributed by atoms with Crippen LogP contribution in [-0.2, 0) is 20.7 Å². The van der Waals surface area contributed by atoms with E-state index in [-0.39, 0.29) is 12.5 Å². The molecule has 150 valence electrons. The molecule has 0 saturated heterocycles. The number of para-hydroxylation sites is 1. The highest BCUT2D eigenvalue weighted by molar-refractivity contribution is 7.18. The van der Waals surface area contributed by atoms with Gasteiger partial charge in [-0.25, -0.2) is 9.78 Å². The molecule has 0 bridgehead atoms. The molecule has 3 amide bonds. The minimum Gasteiger partial charge on any atom is -0.456 e. The normalized spacial score (nSPS) is 19.2. The van der Waals surface area contributed by atoms with E-state index in [0.717, 1.165) is 34.5 Å². The third-order valence-electron chi connectivity index (χ3n) is 4.93. The van der Waals surface area contributed by atoms with E-state index in [1.54, 1.807) is 0 Å². The number of carbonyl (C=O) groups is 3. The van der Waals surface area contributed by atoms with Gasteiger partial charge >= 0.3 is 12.0 Å². The average Bonchev–Trinajstić information content (AvgIpc) is 3.09. The molecule has 0 spiro atoms. The highest BCUT2D eigenvalue weighted by Gasteiger charge is 2.23. The van der Waals surface area contributed by atoms with Gasteiger partial charge < -0.3 is 10.1 Å². The van der Waals surface area contributed by atoms with Crippen LogP contribution in [0.25, 0.3) is 10.2 Å². The van der Waals surface area contributed by atoms with Gasteiger partial charge in [-0.05, 0) is 30.9 Å². The van der Waals surface area contributed by atoms with E-state index in [9.17, 15) is 14.4 Å². The summed E-state index contributed by atoms with van der Waals surface area (Å²) in [5.41, 5.74) is 0.911. The number of aryl methyl sites for hydroxylation is 1. The van der Waals surface area contributed by atoms with Crippen molar-refractivity contribution in [2.45, 2.75) is 51.5 Å². The monoisotopic (exact) mass is 403 g/mol. The molecule has 8 heteroatoms. The molecule has 1 aromatic heterocycles. The molecule has 7 nitrogen and oxygen atoms in total. The van der Waals surface area contributed by atoms with Crippen LogP contribution in [0.15, 0.2) is 24.3 Å². The Hall–Kier alpha value is -2.48. The lowest BCUT2D eigenvalue weighted by atomic mass is 9.86. The molecule has 1 saturated carbocycles. The standard InChI is InChI=1S/C20H25N3O4S/c1-13-6-2-3-7-14(13)22-20(26)23-17(24)12-27-19(25)11-10-18-21-15-8-4-5-9-16(15)28-18/h4-5,8-9,13-14H,2-3,6-7,10-12H2,1H3,(H2,22,23,24,26)/t13-,14-/m0/s1. The van der Waals surface area contributed by atoms with Crippen molar-refractivity contribution in [3.63, 3.8) is 0 Å². The second-order valence-electron chi connectivity index (χ2n) is 7.13. The highest BCUT2D eigenvalue weighted by Crippen LogP contribution is 2.24. The molecule has 1 aromatic carbocycles. The lowest BCUT2D eigenvalue weighted by Crippen LogP contribution is -2.48. The summed E-state index contributed by atoms with van der Waals surface area (Å²) >= 11 is 1.54. The molecule has 2 N–H and O–H groups in total. The van der Waals surface area contributed by atoms with Gasteiger partial charge in [0.05, 0.1) is 21.6 Å². The Balaban J connectivity index is 1.35. The minimum absolute atomic E-state index is 0.0814. The first-order valence-electron chi connectivity index (χ1n) is 9.61. The Bertz CT molecular complexity index is 818. The molecule has 3 rings (SSSR count). The van der Waals surface area contributed by atoms with Crippen LogP contribution in [0.1, 0.15) is 44.0 Å². The van der Waals surface area contributed by atoms with E-state index in [4.69, 9.17) is 4.74 Å². The Morgan fingerprint density at radius 3 is 2.79 bits per heavy atom. The van der Waals surface area contributed by atoms with E-state index in [1.807, 2.05) is 24.3 Å². The van der Waals surface area contributed by atoms with Crippen molar-refractivity contribution in [3.8, 4) is 0 Å². The SMILES string of the molecule is C[C@H]1CCCC[C@@H]1NC(=O)NC(=O)COC(=O)CCc1nc2ccccc2s1. The summed E-state index contributed by atoms with van der Waals surface area (Å²) in [4.78, 5) is 40.0. The van der Waals surface area contributed by atoms with Gasteiger partial charge in [0.1, 0.15) is 0 Å². The number of carbonyl (C=O) groups excluding carboxylic acids is 3. The number of urea groups is 1. The van der Waals surface area contributed by atoms with Crippen LogP contribution < -0.4 is 10.6 Å². The van der Waals surface area contributed by atoms with Crippen LogP contribution in [-0.4, -0.2) is 35.5 Å². The molecule has 2 aromatic rings. The number of benzene rings is 1. The number of thiazole rings is 1. The van der Waals surface area contributed by atoms with Crippen molar-refractivity contribution >= 4 is 39.5 Å². The van der Waals surface area contributed by atoms with Crippen molar-refractivity contribution in [3.05, 3.63) is 29.3 Å². The van der Waals surface area contributed by atoms with Gasteiger partial charge in [-0.2, -0.15) is 0 Å². The van der Waals surface area contributed by atoms with Crippen LogP contribution in [0.4, 0.5) is 4.79 Å². The van der Waals surface area contributed by atoms with Crippen LogP contribution in [0.2, 0.25) is 0 Å². The van der Waals surface area contributed by atoms with E-state index in [2.05, 4.69) is 22.5 Å². The summed E-state index contributed by atoms with van der Waals surface area (Å²) in [5.74, 6) is -0.722. The third kappa shape index (κ3) is 5.76. The summed E-state index contributed by atoms with van der Waals surface area (Å²) in [6.45, 7) is 1.63. The fourth-order valence-corrected chi connectivity index (χ4v) is 4.32. The zero-order chi connectivity index (χ0) is 19.9. The van der Waals surface area contributed by atoms with Crippen LogP contribution >= 0.6 is 11.3 Å². The summed E-state index contributed by atoms with van der Waals surface area (Å²) in [6.07, 6.45) is 4.84. The topological polar surface area (TPSA) is 97.4 Å². The average molecular weight is 404 g/mol. The van der Waals surface area contributed by atoms with Crippen molar-refractivity contribution in [2.75, 3.05) is 6.61 Å². The number of nitrogens with zero attached hydrogens (tertiary/aromatic N) is 1. The first kappa shape index (κ1) is 20.3. The van der Waals surface area contributed by atoms with Gasteiger partial charge in [0, 0.05) is 12.5 Å². The number of hydrogen-bond donors (Lipinski definition) is 2. The molecule has 28 heavy (non-hydrogen) atoms. The van der Waals surface area contributed by atoms with Crippen molar-refractivity contribution in [1.82, 2.24) is 15.6 Å². The zero-order valence-corrected chi connectivity index (χ0v) is 16.7. The van der Waals surface area contributed by atoms with Gasteiger partial charge in [0.2, 0.25) is 0 Å². The maximum Gasteiger partial charge on any atom is 0.321 e. The van der Waals surface area contributed by atoms with Crippen LogP contribution in [0.5, 0.6) is 0 Å². The number of amides is 3. The fraction of sp³-hybridized carbons (Fsp3) is 0.500. The Labute approximate surface area is 167 Å². The number of aromatic nitrogens is 1. The molecular formula is C20H25N3O4S. The van der Waals surface area contributed by atoms with E-state index < -0.39 is 24.5 Å². The van der Waals surface area contributed by atoms with Gasteiger partial charge in [-0.1, -0.05) is 31.9 Å². The van der Waals surface area contributed by atoms with Crippen molar-refractivity contribution < 1.29 is 19.1 Å². The Morgan fingerprint density at radius 2 is 2.00 bits per heavy atom. The van der Waals surface area contributed by atoms with Crippen molar-refractivity contribution in [2.24, 2.45) is 5.92 Å². The smallest absolute Gasteiger partial charge is 0.321 e. The van der Waals surface area contributed by atoms with E-state index in [0.29, 0.717) is 12.3 Å². The number of esters is 1. The highest BCUT2D eigenvalue weighted by atomic mass is 32.1. The zero-order valence-electron chi connectivity index (χ0n) is 15.9. The number of imide groups is 1. The third-order valence-corrected chi connectivity index (χ3v) is 6.02. The molecule has 0 unspecified atom stereocenters. The lowest BCUT2D eigenvalue weighted by molar-refractivity contribution is -0.148. The minimum atomic E-state index is -0.630.